The summed E-state index contributed by atoms with van der Waals surface area (Å²) in [6, 6.07) is 3.72. The first-order valence-electron chi connectivity index (χ1n) is 13.2. The number of amides is 3. The zero-order valence-electron chi connectivity index (χ0n) is 22.8. The average Bonchev–Trinajstić information content (AvgIpc) is 3.58. The van der Waals surface area contributed by atoms with E-state index >= 15 is 0 Å². The van der Waals surface area contributed by atoms with Gasteiger partial charge in [0.1, 0.15) is 11.9 Å². The highest BCUT2D eigenvalue weighted by Gasteiger charge is 2.34. The lowest BCUT2D eigenvalue weighted by molar-refractivity contribution is -0.134. The zero-order valence-corrected chi connectivity index (χ0v) is 25.2. The number of anilines is 1. The van der Waals surface area contributed by atoms with Crippen LogP contribution in [-0.2, 0) is 24.3 Å². The van der Waals surface area contributed by atoms with E-state index in [2.05, 4.69) is 14.9 Å². The number of thiophene rings is 1. The smallest absolute Gasteiger partial charge is 0.261 e. The summed E-state index contributed by atoms with van der Waals surface area (Å²) in [4.78, 5) is 43.6. The lowest BCUT2D eigenvalue weighted by Crippen LogP contribution is -2.58. The number of ether oxygens (including phenoxy) is 1. The maximum Gasteiger partial charge on any atom is 0.261 e. The molecule has 3 amide bonds. The van der Waals surface area contributed by atoms with Crippen molar-refractivity contribution in [2.75, 3.05) is 64.4 Å². The van der Waals surface area contributed by atoms with Crippen molar-refractivity contribution < 1.29 is 31.9 Å². The molecule has 2 fully saturated rings. The number of piperazine rings is 1. The van der Waals surface area contributed by atoms with E-state index in [-0.39, 0.29) is 28.6 Å². The molecule has 15 heteroatoms. The van der Waals surface area contributed by atoms with E-state index in [0.29, 0.717) is 67.9 Å². The van der Waals surface area contributed by atoms with Gasteiger partial charge in [-0.25, -0.2) is 12.8 Å². The summed E-state index contributed by atoms with van der Waals surface area (Å²) in [6.07, 6.45) is 0.875. The van der Waals surface area contributed by atoms with Crippen molar-refractivity contribution in [2.24, 2.45) is 0 Å². The number of halogens is 2. The Kier molecular flexibility index (Phi) is 10.4. The molecule has 224 valence electrons. The second kappa shape index (κ2) is 13.6. The van der Waals surface area contributed by atoms with Crippen LogP contribution >= 0.6 is 22.9 Å². The van der Waals surface area contributed by atoms with Gasteiger partial charge >= 0.3 is 0 Å². The van der Waals surface area contributed by atoms with E-state index in [9.17, 15) is 27.2 Å². The van der Waals surface area contributed by atoms with Crippen LogP contribution in [0.15, 0.2) is 29.2 Å². The fourth-order valence-electron chi connectivity index (χ4n) is 4.88. The Morgan fingerprint density at radius 1 is 1.17 bits per heavy atom. The minimum atomic E-state index is -4.47. The SMILES string of the molecule is COCCN1CCN(C(=O)[C@H](CNC(=O)c2ccc(Cl)s2)NS(=O)(=O)c2cc(F)cc(N3CCCC3=O)c2C)CC1. The van der Waals surface area contributed by atoms with E-state index in [1.165, 1.54) is 22.8 Å². The molecular weight excluding hydrogens is 597 g/mol. The molecule has 1 aromatic carbocycles. The highest BCUT2D eigenvalue weighted by Crippen LogP contribution is 2.31. The summed E-state index contributed by atoms with van der Waals surface area (Å²) in [7, 11) is -2.86. The highest BCUT2D eigenvalue weighted by molar-refractivity contribution is 7.89. The van der Waals surface area contributed by atoms with Gasteiger partial charge in [-0.15, -0.1) is 11.3 Å². The summed E-state index contributed by atoms with van der Waals surface area (Å²) in [5.74, 6) is -2.08. The molecule has 4 rings (SSSR count). The molecule has 0 aliphatic carbocycles. The minimum absolute atomic E-state index is 0.172. The molecule has 1 aromatic heterocycles. The third-order valence-electron chi connectivity index (χ3n) is 7.11. The monoisotopic (exact) mass is 629 g/mol. The molecule has 0 saturated carbocycles. The second-order valence-corrected chi connectivity index (χ2v) is 13.2. The predicted octanol–water partition coefficient (Wildman–Crippen LogP) is 1.84. The van der Waals surface area contributed by atoms with Crippen LogP contribution in [0.25, 0.3) is 0 Å². The number of hydrogen-bond acceptors (Lipinski definition) is 8. The third kappa shape index (κ3) is 7.62. The number of sulfonamides is 1. The van der Waals surface area contributed by atoms with E-state index in [0.717, 1.165) is 23.5 Å². The zero-order chi connectivity index (χ0) is 29.7. The number of methoxy groups -OCH3 is 1. The fraction of sp³-hybridized carbons (Fsp3) is 0.500. The molecule has 2 aliphatic heterocycles. The molecule has 0 bridgehead atoms. The van der Waals surface area contributed by atoms with Crippen molar-refractivity contribution >= 4 is 56.4 Å². The summed E-state index contributed by atoms with van der Waals surface area (Å²) >= 11 is 6.98. The van der Waals surface area contributed by atoms with Gasteiger partial charge in [-0.1, -0.05) is 11.6 Å². The van der Waals surface area contributed by atoms with Gasteiger partial charge in [0.25, 0.3) is 5.91 Å². The molecule has 2 N–H and O–H groups in total. The molecule has 0 radical (unpaired) electrons. The molecule has 1 atom stereocenters. The molecule has 11 nitrogen and oxygen atoms in total. The first-order chi connectivity index (χ1) is 19.5. The normalized spacial score (nSPS) is 17.2. The number of nitrogens with zero attached hydrogens (tertiary/aromatic N) is 3. The van der Waals surface area contributed by atoms with Crippen molar-refractivity contribution in [1.29, 1.82) is 0 Å². The number of rotatable bonds is 11. The third-order valence-corrected chi connectivity index (χ3v) is 9.93. The maximum atomic E-state index is 14.7. The van der Waals surface area contributed by atoms with Crippen molar-refractivity contribution in [3.63, 3.8) is 0 Å². The van der Waals surface area contributed by atoms with Crippen LogP contribution in [0.1, 0.15) is 28.1 Å². The van der Waals surface area contributed by atoms with Crippen LogP contribution in [0.5, 0.6) is 0 Å². The van der Waals surface area contributed by atoms with E-state index in [1.54, 1.807) is 13.2 Å². The minimum Gasteiger partial charge on any atom is -0.383 e. The molecule has 41 heavy (non-hydrogen) atoms. The highest BCUT2D eigenvalue weighted by atomic mass is 35.5. The van der Waals surface area contributed by atoms with Gasteiger partial charge in [0.15, 0.2) is 0 Å². The Hall–Kier alpha value is -2.62. The second-order valence-electron chi connectivity index (χ2n) is 9.84. The Bertz CT molecular complexity index is 1400. The average molecular weight is 630 g/mol. The van der Waals surface area contributed by atoms with E-state index in [1.807, 2.05) is 0 Å². The van der Waals surface area contributed by atoms with Crippen LogP contribution < -0.4 is 14.9 Å². The van der Waals surface area contributed by atoms with Crippen molar-refractivity contribution in [3.8, 4) is 0 Å². The summed E-state index contributed by atoms with van der Waals surface area (Å²) < 4.78 is 49.9. The first kappa shape index (κ1) is 31.3. The molecule has 3 heterocycles. The van der Waals surface area contributed by atoms with Crippen LogP contribution in [-0.4, -0.2) is 102 Å². The van der Waals surface area contributed by atoms with Gasteiger partial charge in [0.2, 0.25) is 21.8 Å². The van der Waals surface area contributed by atoms with E-state index < -0.39 is 33.7 Å². The predicted molar refractivity (Wildman–Crippen MR) is 153 cm³/mol. The van der Waals surface area contributed by atoms with Gasteiger partial charge in [-0.2, -0.15) is 4.72 Å². The van der Waals surface area contributed by atoms with Crippen molar-refractivity contribution in [2.45, 2.75) is 30.7 Å². The number of benzene rings is 1. The van der Waals surface area contributed by atoms with Gasteiger partial charge < -0.3 is 19.9 Å². The van der Waals surface area contributed by atoms with Crippen molar-refractivity contribution in [1.82, 2.24) is 19.8 Å². The molecule has 2 saturated heterocycles. The van der Waals surface area contributed by atoms with Crippen LogP contribution in [0, 0.1) is 12.7 Å². The number of hydrogen-bond donors (Lipinski definition) is 2. The first-order valence-corrected chi connectivity index (χ1v) is 15.8. The summed E-state index contributed by atoms with van der Waals surface area (Å²) in [6.45, 7) is 4.62. The number of carbonyl (C=O) groups is 3. The summed E-state index contributed by atoms with van der Waals surface area (Å²) in [5, 5.41) is 2.62. The van der Waals surface area contributed by atoms with Gasteiger partial charge in [0.05, 0.1) is 26.4 Å². The fourth-order valence-corrected chi connectivity index (χ4v) is 7.30. The van der Waals surface area contributed by atoms with Crippen LogP contribution in [0.2, 0.25) is 4.34 Å². The van der Waals surface area contributed by atoms with Crippen LogP contribution in [0.4, 0.5) is 10.1 Å². The molecular formula is C26H33ClFN5O6S2. The number of carbonyl (C=O) groups excluding carboxylic acids is 3. The molecule has 2 aromatic rings. The lowest BCUT2D eigenvalue weighted by atomic mass is 10.2. The maximum absolute atomic E-state index is 14.7. The summed E-state index contributed by atoms with van der Waals surface area (Å²) in [5.41, 5.74) is 0.357. The molecule has 2 aliphatic rings. The van der Waals surface area contributed by atoms with Gasteiger partial charge in [-0.05, 0) is 43.2 Å². The van der Waals surface area contributed by atoms with E-state index in [4.69, 9.17) is 16.3 Å². The topological polar surface area (TPSA) is 128 Å². The van der Waals surface area contributed by atoms with Crippen LogP contribution in [0.3, 0.4) is 0 Å². The largest absolute Gasteiger partial charge is 0.383 e. The Morgan fingerprint density at radius 2 is 1.90 bits per heavy atom. The van der Waals surface area contributed by atoms with Gasteiger partial charge in [-0.3, -0.25) is 19.3 Å². The Morgan fingerprint density at radius 3 is 2.51 bits per heavy atom. The molecule has 0 unspecified atom stereocenters. The molecule has 0 spiro atoms. The lowest BCUT2D eigenvalue weighted by Gasteiger charge is -2.36. The van der Waals surface area contributed by atoms with Crippen molar-refractivity contribution in [3.05, 3.63) is 44.9 Å². The number of nitrogens with one attached hydrogen (secondary N) is 2. The Labute approximate surface area is 247 Å². The quantitative estimate of drug-likeness (QED) is 0.388. The standard InChI is InChI=1S/C26H33ClFN5O6S2/c1-17-20(33-7-3-4-24(33)34)14-18(28)15-22(17)41(37,38)30-19(16-29-25(35)21-5-6-23(27)40-21)26(36)32-10-8-31(9-11-32)12-13-39-2/h5-6,14-15,19,30H,3-4,7-13,16H2,1-2H3,(H,29,35)/t19-/m0/s1. The Balaban J connectivity index is 1.57. The van der Waals surface area contributed by atoms with Gasteiger partial charge in [0, 0.05) is 59.3 Å².